The third kappa shape index (κ3) is 5.29. The molecule has 0 fully saturated rings. The molecule has 5 nitrogen and oxygen atoms in total. The Morgan fingerprint density at radius 3 is 1.93 bits per heavy atom. The first kappa shape index (κ1) is 34.0. The van der Waals surface area contributed by atoms with Gasteiger partial charge in [0.05, 0.1) is 11.0 Å². The molecule has 0 atom stereocenters. The van der Waals surface area contributed by atoms with Gasteiger partial charge in [0.1, 0.15) is 11.2 Å². The SMILES string of the molecule is c1ccc(-c2nc(-c3ccc(-n4c5ccccc5c5cc6ccccc6cc54)cc3-c3cccc4oc5ccccc5c34)nc(-c3cccc4c3sc3ccccc34)n2)cc1. The van der Waals surface area contributed by atoms with Gasteiger partial charge in [-0.25, -0.2) is 15.0 Å². The molecule has 0 aliphatic heterocycles. The molecule has 0 amide bonds. The van der Waals surface area contributed by atoms with E-state index < -0.39 is 0 Å². The van der Waals surface area contributed by atoms with Crippen molar-refractivity contribution < 1.29 is 4.42 Å². The van der Waals surface area contributed by atoms with Crippen LogP contribution in [0.25, 0.3) is 126 Å². The molecule has 0 radical (unpaired) electrons. The molecule has 0 saturated heterocycles. The number of para-hydroxylation sites is 2. The van der Waals surface area contributed by atoms with E-state index in [1.54, 1.807) is 11.3 Å². The fourth-order valence-corrected chi connectivity index (χ4v) is 10.5. The van der Waals surface area contributed by atoms with Gasteiger partial charge in [-0.1, -0.05) is 133 Å². The lowest BCUT2D eigenvalue weighted by molar-refractivity contribution is 0.669. The van der Waals surface area contributed by atoms with Crippen molar-refractivity contribution in [3.8, 4) is 51.0 Å². The number of aromatic nitrogens is 4. The summed E-state index contributed by atoms with van der Waals surface area (Å²) in [6.07, 6.45) is 0. The molecule has 4 heterocycles. The van der Waals surface area contributed by atoms with Crippen LogP contribution in [-0.4, -0.2) is 19.5 Å². The van der Waals surface area contributed by atoms with Gasteiger partial charge in [0.2, 0.25) is 0 Å². The number of rotatable bonds is 5. The zero-order chi connectivity index (χ0) is 40.0. The van der Waals surface area contributed by atoms with E-state index >= 15 is 0 Å². The molecule has 4 aromatic heterocycles. The van der Waals surface area contributed by atoms with Crippen molar-refractivity contribution in [3.05, 3.63) is 194 Å². The van der Waals surface area contributed by atoms with Crippen LogP contribution in [0, 0.1) is 0 Å². The summed E-state index contributed by atoms with van der Waals surface area (Å²) in [5.41, 5.74) is 9.86. The van der Waals surface area contributed by atoms with Crippen LogP contribution in [0.4, 0.5) is 0 Å². The van der Waals surface area contributed by atoms with Crippen LogP contribution < -0.4 is 0 Å². The van der Waals surface area contributed by atoms with Crippen molar-refractivity contribution >= 4 is 86.0 Å². The maximum absolute atomic E-state index is 6.49. The summed E-state index contributed by atoms with van der Waals surface area (Å²) in [7, 11) is 0. The quantitative estimate of drug-likeness (QED) is 0.174. The van der Waals surface area contributed by atoms with Crippen LogP contribution in [-0.2, 0) is 0 Å². The molecular formula is C55H32N4OS. The molecule has 0 aliphatic carbocycles. The van der Waals surface area contributed by atoms with Crippen LogP contribution in [0.3, 0.4) is 0 Å². The predicted molar refractivity (Wildman–Crippen MR) is 254 cm³/mol. The summed E-state index contributed by atoms with van der Waals surface area (Å²) in [6.45, 7) is 0. The molecule has 0 bridgehead atoms. The summed E-state index contributed by atoms with van der Waals surface area (Å²) in [6, 6.07) is 68.5. The lowest BCUT2D eigenvalue weighted by Gasteiger charge is -2.16. The van der Waals surface area contributed by atoms with Crippen molar-refractivity contribution in [2.24, 2.45) is 0 Å². The molecule has 0 spiro atoms. The van der Waals surface area contributed by atoms with E-state index in [1.165, 1.54) is 37.0 Å². The Labute approximate surface area is 353 Å². The number of nitrogens with zero attached hydrogens (tertiary/aromatic N) is 4. The van der Waals surface area contributed by atoms with Crippen molar-refractivity contribution in [3.63, 3.8) is 0 Å². The van der Waals surface area contributed by atoms with E-state index in [2.05, 4.69) is 168 Å². The summed E-state index contributed by atoms with van der Waals surface area (Å²) in [5.74, 6) is 1.86. The summed E-state index contributed by atoms with van der Waals surface area (Å²) in [4.78, 5) is 16.0. The molecular weight excluding hydrogens is 765 g/mol. The molecule has 9 aromatic carbocycles. The maximum atomic E-state index is 6.49. The van der Waals surface area contributed by atoms with Gasteiger partial charge in [-0.2, -0.15) is 0 Å². The van der Waals surface area contributed by atoms with Gasteiger partial charge in [0.15, 0.2) is 17.5 Å². The van der Waals surface area contributed by atoms with E-state index in [4.69, 9.17) is 19.4 Å². The fourth-order valence-electron chi connectivity index (χ4n) is 9.28. The lowest BCUT2D eigenvalue weighted by Crippen LogP contribution is -2.02. The fraction of sp³-hybridized carbons (Fsp3) is 0. The van der Waals surface area contributed by atoms with Crippen molar-refractivity contribution in [1.29, 1.82) is 0 Å². The number of fused-ring (bicyclic) bond motifs is 10. The predicted octanol–water partition coefficient (Wildman–Crippen LogP) is 15.1. The summed E-state index contributed by atoms with van der Waals surface area (Å²) >= 11 is 1.78. The molecule has 6 heteroatoms. The Morgan fingerprint density at radius 1 is 0.393 bits per heavy atom. The first-order chi connectivity index (χ1) is 30.2. The third-order valence-corrected chi connectivity index (χ3v) is 13.3. The summed E-state index contributed by atoms with van der Waals surface area (Å²) in [5, 5.41) is 9.39. The number of furan rings is 1. The molecule has 0 saturated carbocycles. The minimum absolute atomic E-state index is 0.599. The molecule has 61 heavy (non-hydrogen) atoms. The molecule has 13 aromatic rings. The van der Waals surface area contributed by atoms with Gasteiger partial charge in [-0.05, 0) is 82.6 Å². The highest BCUT2D eigenvalue weighted by Crippen LogP contribution is 2.44. The van der Waals surface area contributed by atoms with Crippen molar-refractivity contribution in [2.75, 3.05) is 0 Å². The van der Waals surface area contributed by atoms with E-state index in [0.717, 1.165) is 71.2 Å². The number of benzene rings is 9. The highest BCUT2D eigenvalue weighted by atomic mass is 32.1. The van der Waals surface area contributed by atoms with Crippen LogP contribution >= 0.6 is 11.3 Å². The Morgan fingerprint density at radius 2 is 1.05 bits per heavy atom. The second-order valence-electron chi connectivity index (χ2n) is 15.5. The monoisotopic (exact) mass is 796 g/mol. The number of hydrogen-bond acceptors (Lipinski definition) is 5. The summed E-state index contributed by atoms with van der Waals surface area (Å²) < 4.78 is 11.3. The number of hydrogen-bond donors (Lipinski definition) is 0. The van der Waals surface area contributed by atoms with E-state index in [-0.39, 0.29) is 0 Å². The van der Waals surface area contributed by atoms with Gasteiger partial charge in [-0.15, -0.1) is 11.3 Å². The molecule has 13 rings (SSSR count). The molecule has 0 unspecified atom stereocenters. The second-order valence-corrected chi connectivity index (χ2v) is 16.6. The Bertz CT molecular complexity index is 3900. The first-order valence-electron chi connectivity index (χ1n) is 20.4. The Kier molecular flexibility index (Phi) is 7.41. The van der Waals surface area contributed by atoms with E-state index in [9.17, 15) is 0 Å². The van der Waals surface area contributed by atoms with Crippen molar-refractivity contribution in [1.82, 2.24) is 19.5 Å². The number of thiophene rings is 1. The highest BCUT2D eigenvalue weighted by Gasteiger charge is 2.22. The van der Waals surface area contributed by atoms with Crippen molar-refractivity contribution in [2.45, 2.75) is 0 Å². The van der Waals surface area contributed by atoms with Crippen LogP contribution in [0.5, 0.6) is 0 Å². The van der Waals surface area contributed by atoms with Gasteiger partial charge >= 0.3 is 0 Å². The second kappa shape index (κ2) is 13.3. The minimum atomic E-state index is 0.599. The van der Waals surface area contributed by atoms with Gasteiger partial charge in [0, 0.05) is 64.1 Å². The average molecular weight is 797 g/mol. The molecule has 0 aliphatic rings. The van der Waals surface area contributed by atoms with Crippen LogP contribution in [0.2, 0.25) is 0 Å². The first-order valence-corrected chi connectivity index (χ1v) is 21.2. The van der Waals surface area contributed by atoms with E-state index in [0.29, 0.717) is 17.5 Å². The van der Waals surface area contributed by atoms with Gasteiger partial charge < -0.3 is 8.98 Å². The van der Waals surface area contributed by atoms with Gasteiger partial charge in [0.25, 0.3) is 0 Å². The van der Waals surface area contributed by atoms with Gasteiger partial charge in [-0.3, -0.25) is 0 Å². The van der Waals surface area contributed by atoms with Crippen LogP contribution in [0.1, 0.15) is 0 Å². The lowest BCUT2D eigenvalue weighted by atomic mass is 9.94. The Hall–Kier alpha value is -7.93. The average Bonchev–Trinajstić information content (AvgIpc) is 4.00. The zero-order valence-corrected chi connectivity index (χ0v) is 33.4. The third-order valence-electron chi connectivity index (χ3n) is 12.0. The van der Waals surface area contributed by atoms with E-state index in [1.807, 2.05) is 30.3 Å². The standard InChI is InChI=1S/C55H32N4OS/c1-2-14-33(15-3-1)53-56-54(58-55(57-53)43-23-12-22-40-38-19-8-11-27-50(38)61-52(40)43)41-29-28-36(32-44(41)39-21-13-26-49-51(39)42-20-7-10-25-48(42)60-49)59-46-24-9-6-18-37(46)45-30-34-16-4-5-17-35(34)31-47(45)59/h1-32H. The topological polar surface area (TPSA) is 56.7 Å². The smallest absolute Gasteiger partial charge is 0.165 e. The largest absolute Gasteiger partial charge is 0.456 e. The normalized spacial score (nSPS) is 11.9. The maximum Gasteiger partial charge on any atom is 0.165 e. The minimum Gasteiger partial charge on any atom is -0.456 e. The Balaban J connectivity index is 1.12. The highest BCUT2D eigenvalue weighted by molar-refractivity contribution is 7.26. The van der Waals surface area contributed by atoms with Crippen LogP contribution in [0.15, 0.2) is 199 Å². The zero-order valence-electron chi connectivity index (χ0n) is 32.6. The molecule has 0 N–H and O–H groups in total. The molecule has 284 valence electrons.